The predicted octanol–water partition coefficient (Wildman–Crippen LogP) is 1.05. The van der Waals surface area contributed by atoms with E-state index in [-0.39, 0.29) is 43.4 Å². The molecule has 0 saturated heterocycles. The minimum atomic E-state index is -1.59. The Morgan fingerprint density at radius 2 is 0.940 bits per heavy atom. The number of allylic oxidation sites excluding steroid dienone is 2. The molecule has 0 aliphatic heterocycles. The van der Waals surface area contributed by atoms with Crippen LogP contribution in [0, 0.1) is 35.5 Å². The van der Waals surface area contributed by atoms with E-state index in [1.807, 2.05) is 41.5 Å². The van der Waals surface area contributed by atoms with Crippen molar-refractivity contribution in [2.45, 2.75) is 202 Å². The summed E-state index contributed by atoms with van der Waals surface area (Å²) in [6.45, 7) is 24.8. The van der Waals surface area contributed by atoms with E-state index in [1.165, 1.54) is 82.8 Å². The molecule has 0 aliphatic carbocycles. The van der Waals surface area contributed by atoms with E-state index < -0.39 is 162 Å². The van der Waals surface area contributed by atoms with Crippen molar-refractivity contribution < 1.29 is 68.1 Å². The number of nitrogens with one attached hydrogen (secondary N) is 5. The summed E-state index contributed by atoms with van der Waals surface area (Å²) in [6, 6.07) is -12.0. The molecule has 10 amide bonds. The Kier molecular flexibility index (Phi) is 33.9. The van der Waals surface area contributed by atoms with E-state index in [2.05, 4.69) is 26.6 Å². The summed E-state index contributed by atoms with van der Waals surface area (Å²) in [6.07, 6.45) is 2.89. The quantitative estimate of drug-likeness (QED) is 0.0407. The molecule has 25 nitrogen and oxygen atoms in total. The van der Waals surface area contributed by atoms with Gasteiger partial charge in [-0.15, -0.1) is 0 Å². The molecule has 0 aromatic carbocycles. The summed E-state index contributed by atoms with van der Waals surface area (Å²) >= 11 is 0. The molecule has 0 spiro atoms. The van der Waals surface area contributed by atoms with Gasteiger partial charge in [0.2, 0.25) is 59.1 Å². The topological polar surface area (TPSA) is 328 Å². The molecule has 25 heteroatoms. The number of amides is 10. The van der Waals surface area contributed by atoms with Crippen molar-refractivity contribution in [1.82, 2.24) is 56.0 Å². The van der Waals surface area contributed by atoms with Crippen LogP contribution < -0.4 is 26.6 Å². The van der Waals surface area contributed by atoms with Gasteiger partial charge in [0, 0.05) is 42.3 Å². The van der Waals surface area contributed by atoms with Gasteiger partial charge >= 0.3 is 5.97 Å². The van der Waals surface area contributed by atoms with Gasteiger partial charge < -0.3 is 71.3 Å². The van der Waals surface area contributed by atoms with E-state index in [4.69, 9.17) is 0 Å². The zero-order valence-electron chi connectivity index (χ0n) is 54.4. The maximum atomic E-state index is 15.0. The second-order valence-electron chi connectivity index (χ2n) is 24.4. The highest BCUT2D eigenvalue weighted by molar-refractivity contribution is 5.99. The van der Waals surface area contributed by atoms with Gasteiger partial charge in [-0.3, -0.25) is 52.7 Å². The van der Waals surface area contributed by atoms with Crippen LogP contribution in [0.3, 0.4) is 0 Å². The Bertz CT molecular complexity index is 2240. The van der Waals surface area contributed by atoms with E-state index in [0.717, 1.165) is 9.80 Å². The molecule has 0 aromatic heterocycles. The number of carbonyl (C=O) groups is 11. The Hall–Kier alpha value is -6.21. The number of carboxylic acid groups (broad SMARTS) is 1. The van der Waals surface area contributed by atoms with Crippen molar-refractivity contribution in [2.75, 3.05) is 62.5 Å². The summed E-state index contributed by atoms with van der Waals surface area (Å²) < 4.78 is 0. The highest BCUT2D eigenvalue weighted by Gasteiger charge is 2.45. The van der Waals surface area contributed by atoms with Gasteiger partial charge in [-0.05, 0) is 95.4 Å². The summed E-state index contributed by atoms with van der Waals surface area (Å²) in [7, 11) is 9.78. The molecule has 12 atom stereocenters. The number of carboxylic acids is 1. The minimum Gasteiger partial charge on any atom is -0.480 e. The maximum Gasteiger partial charge on any atom is 0.323 e. The Morgan fingerprint density at radius 3 is 1.37 bits per heavy atom. The number of aliphatic hydroxyl groups is 2. The average Bonchev–Trinajstić information content (AvgIpc) is 3.39. The number of hydrogen-bond acceptors (Lipinski definition) is 14. The van der Waals surface area contributed by atoms with Crippen LogP contribution in [0.2, 0.25) is 0 Å². The van der Waals surface area contributed by atoms with Gasteiger partial charge in [-0.1, -0.05) is 95.2 Å². The fourth-order valence-electron chi connectivity index (χ4n) is 9.82. The molecule has 0 radical (unpaired) electrons. The number of rotatable bonds is 36. The van der Waals surface area contributed by atoms with E-state index in [0.29, 0.717) is 6.42 Å². The zero-order chi connectivity index (χ0) is 65.5. The monoisotopic (exact) mass is 1190 g/mol. The first-order valence-corrected chi connectivity index (χ1v) is 29.4. The van der Waals surface area contributed by atoms with Crippen molar-refractivity contribution in [1.29, 1.82) is 0 Å². The lowest BCUT2D eigenvalue weighted by Gasteiger charge is -2.41. The van der Waals surface area contributed by atoms with Crippen LogP contribution in [0.25, 0.3) is 0 Å². The molecule has 0 heterocycles. The van der Waals surface area contributed by atoms with Crippen LogP contribution >= 0.6 is 0 Å². The standard InChI is InChI=1S/C59H107N11O14/c1-23-25-26-37(13)49(74)48(53(78)63-40(24-2)55(80)65(17)30-45(72)73)70(22)59(84)47(36(11)12)69(21)57(82)44(29-34(7)8)68(20)56(81)43(28-33(5)6)67(19)54(79)39(15)62-50(75)38(14)61-52(77)42(27-32(3)4)66(18)58(83)46(35(9)10)64-51(76)41(31-71)60-16/h23,25,32-44,46-49,60,71,74H,24,26-31H2,1-22H3,(H,61,77)(H,62,75)(H,63,78)(H,64,76)(H,72,73)/b25-23+/t37-,38+,39+,40+,41+,42+,43+,44+,46+,47+,48+,49-/m1/s1. The first-order chi connectivity index (χ1) is 38.8. The van der Waals surface area contributed by atoms with Crippen LogP contribution in [0.1, 0.15) is 136 Å². The summed E-state index contributed by atoms with van der Waals surface area (Å²) in [5, 5.41) is 44.1. The second kappa shape index (κ2) is 36.6. The first-order valence-electron chi connectivity index (χ1n) is 29.4. The number of aliphatic hydroxyl groups excluding tert-OH is 2. The van der Waals surface area contributed by atoms with Gasteiger partial charge in [0.05, 0.1) is 12.7 Å². The van der Waals surface area contributed by atoms with E-state index >= 15 is 4.79 Å². The number of hydrogen-bond donors (Lipinski definition) is 8. The van der Waals surface area contributed by atoms with Crippen molar-refractivity contribution >= 4 is 65.0 Å². The lowest BCUT2D eigenvalue weighted by atomic mass is 9.91. The second-order valence-corrected chi connectivity index (χ2v) is 24.4. The van der Waals surface area contributed by atoms with E-state index in [9.17, 15) is 63.3 Å². The molecule has 0 rings (SSSR count). The van der Waals surface area contributed by atoms with Gasteiger partial charge in [0.1, 0.15) is 67.0 Å². The molecule has 0 fully saturated rings. The van der Waals surface area contributed by atoms with E-state index in [1.54, 1.807) is 60.6 Å². The van der Waals surface area contributed by atoms with Gasteiger partial charge in [0.15, 0.2) is 0 Å². The number of likely N-dealkylation sites (N-methyl/N-ethyl adjacent to an activating group) is 7. The molecule has 0 saturated carbocycles. The lowest BCUT2D eigenvalue weighted by Crippen LogP contribution is -2.63. The largest absolute Gasteiger partial charge is 0.480 e. The smallest absolute Gasteiger partial charge is 0.323 e. The number of carbonyl (C=O) groups excluding carboxylic acids is 10. The van der Waals surface area contributed by atoms with Crippen LogP contribution in [0.15, 0.2) is 12.2 Å². The highest BCUT2D eigenvalue weighted by Crippen LogP contribution is 2.25. The van der Waals surface area contributed by atoms with Crippen LogP contribution in [0.4, 0.5) is 0 Å². The molecule has 0 aliphatic rings. The Morgan fingerprint density at radius 1 is 0.488 bits per heavy atom. The number of nitrogens with zero attached hydrogens (tertiary/aromatic N) is 6. The average molecular weight is 1190 g/mol. The lowest BCUT2D eigenvalue weighted by molar-refractivity contribution is -0.157. The van der Waals surface area contributed by atoms with Crippen molar-refractivity contribution in [3.8, 4) is 0 Å². The molecule has 0 bridgehead atoms. The third kappa shape index (κ3) is 23.0. The third-order valence-corrected chi connectivity index (χ3v) is 15.1. The van der Waals surface area contributed by atoms with Crippen LogP contribution in [-0.2, 0) is 52.7 Å². The molecular formula is C59H107N11O14. The molecule has 84 heavy (non-hydrogen) atoms. The first kappa shape index (κ1) is 77.8. The van der Waals surface area contributed by atoms with Crippen molar-refractivity contribution in [3.63, 3.8) is 0 Å². The normalized spacial score (nSPS) is 16.0. The maximum absolute atomic E-state index is 15.0. The fraction of sp³-hybridized carbons (Fsp3) is 0.780. The Balaban J connectivity index is 6.97. The molecule has 482 valence electrons. The zero-order valence-corrected chi connectivity index (χ0v) is 54.4. The van der Waals surface area contributed by atoms with Gasteiger partial charge in [-0.2, -0.15) is 0 Å². The molecule has 0 unspecified atom stereocenters. The predicted molar refractivity (Wildman–Crippen MR) is 320 cm³/mol. The summed E-state index contributed by atoms with van der Waals surface area (Å²) in [5.41, 5.74) is 0. The van der Waals surface area contributed by atoms with Crippen molar-refractivity contribution in [2.24, 2.45) is 35.5 Å². The van der Waals surface area contributed by atoms with Gasteiger partial charge in [0.25, 0.3) is 0 Å². The molecule has 8 N–H and O–H groups in total. The summed E-state index contributed by atoms with van der Waals surface area (Å²) in [4.78, 5) is 160. The molecule has 0 aromatic rings. The molecular weight excluding hydrogens is 1090 g/mol. The SMILES string of the molecule is C/C=C/C[C@@H](C)[C@@H](O)[C@@H](C(=O)N[C@@H](CC)C(=O)N(C)CC(=O)O)N(C)C(=O)[C@H](C(C)C)N(C)C(=O)[C@H](CC(C)C)N(C)C(=O)[C@H](CC(C)C)N(C)C(=O)[C@H](C)NC(=O)[C@H](C)NC(=O)[C@H](CC(C)C)N(C)C(=O)[C@@H](NC(=O)[C@H](CO)NC)C(C)C. The van der Waals surface area contributed by atoms with Crippen LogP contribution in [0.5, 0.6) is 0 Å². The van der Waals surface area contributed by atoms with Crippen LogP contribution in [-0.4, -0.2) is 239 Å². The minimum absolute atomic E-state index is 0.0536. The highest BCUT2D eigenvalue weighted by atomic mass is 16.4. The Labute approximate surface area is 500 Å². The fourth-order valence-corrected chi connectivity index (χ4v) is 9.82. The third-order valence-electron chi connectivity index (χ3n) is 15.1. The number of aliphatic carboxylic acids is 1. The van der Waals surface area contributed by atoms with Gasteiger partial charge in [-0.25, -0.2) is 0 Å². The summed E-state index contributed by atoms with van der Waals surface area (Å²) in [5.74, 6) is -10.1. The van der Waals surface area contributed by atoms with Crippen molar-refractivity contribution in [3.05, 3.63) is 12.2 Å².